The molecule has 5 heteroatoms. The van der Waals surface area contributed by atoms with Crippen molar-refractivity contribution >= 4 is 23.5 Å². The molecular formula is C8H15NO3S. The highest BCUT2D eigenvalue weighted by Crippen LogP contribution is 2.16. The summed E-state index contributed by atoms with van der Waals surface area (Å²) in [4.78, 5) is 10.8. The van der Waals surface area contributed by atoms with Gasteiger partial charge in [0.15, 0.2) is 6.21 Å². The van der Waals surface area contributed by atoms with E-state index in [2.05, 4.69) is 9.13 Å². The molecule has 0 rings (SSSR count). The lowest BCUT2D eigenvalue weighted by Crippen LogP contribution is -2.26. The minimum Gasteiger partial charge on any atom is -0.591 e. The third-order valence-corrected chi connectivity index (χ3v) is 2.41. The van der Waals surface area contributed by atoms with Crippen molar-refractivity contribution in [1.82, 2.24) is 0 Å². The lowest BCUT2D eigenvalue weighted by atomic mass is 10.3. The summed E-state index contributed by atoms with van der Waals surface area (Å²) in [5, 5.41) is 0. The SMILES string of the molecule is CCOC(=O)/C=N/[S@+]([O-])C(C)(C)C. The lowest BCUT2D eigenvalue weighted by molar-refractivity contribution is -0.134. The molecule has 0 aliphatic rings. The van der Waals surface area contributed by atoms with E-state index in [1.807, 2.05) is 0 Å². The fraction of sp³-hybridized carbons (Fsp3) is 0.750. The summed E-state index contributed by atoms with van der Waals surface area (Å²) in [6.45, 7) is 7.35. The van der Waals surface area contributed by atoms with Gasteiger partial charge in [0, 0.05) is 0 Å². The van der Waals surface area contributed by atoms with Gasteiger partial charge >= 0.3 is 5.97 Å². The van der Waals surface area contributed by atoms with E-state index in [1.165, 1.54) is 0 Å². The third-order valence-electron chi connectivity index (χ3n) is 1.06. The molecule has 1 atom stereocenters. The quantitative estimate of drug-likeness (QED) is 0.393. The zero-order valence-corrected chi connectivity index (χ0v) is 9.18. The van der Waals surface area contributed by atoms with Gasteiger partial charge in [-0.15, -0.1) is 0 Å². The number of ether oxygens (including phenoxy) is 1. The summed E-state index contributed by atoms with van der Waals surface area (Å²) in [5.41, 5.74) is 0. The van der Waals surface area contributed by atoms with E-state index in [4.69, 9.17) is 0 Å². The molecule has 0 aromatic carbocycles. The van der Waals surface area contributed by atoms with Crippen LogP contribution >= 0.6 is 0 Å². The number of hydrogen-bond acceptors (Lipinski definition) is 4. The predicted molar refractivity (Wildman–Crippen MR) is 53.0 cm³/mol. The van der Waals surface area contributed by atoms with Crippen LogP contribution in [0.2, 0.25) is 0 Å². The molecule has 0 amide bonds. The van der Waals surface area contributed by atoms with E-state index in [9.17, 15) is 9.35 Å². The van der Waals surface area contributed by atoms with Crippen LogP contribution in [0.25, 0.3) is 0 Å². The van der Waals surface area contributed by atoms with Crippen LogP contribution in [-0.4, -0.2) is 28.1 Å². The lowest BCUT2D eigenvalue weighted by Gasteiger charge is -2.17. The molecule has 0 bridgehead atoms. The molecule has 0 saturated heterocycles. The Hall–Kier alpha value is -0.550. The van der Waals surface area contributed by atoms with Gasteiger partial charge < -0.3 is 9.29 Å². The zero-order chi connectivity index (χ0) is 10.5. The van der Waals surface area contributed by atoms with Gasteiger partial charge in [0.05, 0.1) is 6.61 Å². The maximum atomic E-state index is 11.3. The molecule has 13 heavy (non-hydrogen) atoms. The largest absolute Gasteiger partial charge is 0.591 e. The van der Waals surface area contributed by atoms with Crippen LogP contribution in [-0.2, 0) is 20.9 Å². The average Bonchev–Trinajstić information content (AvgIpc) is 1.99. The Morgan fingerprint density at radius 3 is 2.54 bits per heavy atom. The minimum absolute atomic E-state index is 0.299. The molecule has 0 heterocycles. The summed E-state index contributed by atoms with van der Waals surface area (Å²) >= 11 is -1.39. The van der Waals surface area contributed by atoms with Crippen LogP contribution in [0.15, 0.2) is 4.40 Å². The summed E-state index contributed by atoms with van der Waals surface area (Å²) in [5.74, 6) is -0.555. The van der Waals surface area contributed by atoms with Gasteiger partial charge in [0.25, 0.3) is 0 Å². The fourth-order valence-electron chi connectivity index (χ4n) is 0.429. The van der Waals surface area contributed by atoms with E-state index in [0.717, 1.165) is 6.21 Å². The molecule has 76 valence electrons. The summed E-state index contributed by atoms with van der Waals surface area (Å²) < 4.78 is 19.0. The number of hydrogen-bond donors (Lipinski definition) is 0. The Labute approximate surface area is 81.7 Å². The Kier molecular flexibility index (Phi) is 5.02. The topological polar surface area (TPSA) is 61.7 Å². The standard InChI is InChI=1S/C8H15NO3S/c1-5-12-7(10)6-9-13(11)8(2,3)4/h6H,5H2,1-4H3/b9-6+/t13-/m1/s1. The molecule has 0 saturated carbocycles. The van der Waals surface area contributed by atoms with Crippen molar-refractivity contribution in [2.45, 2.75) is 32.4 Å². The smallest absolute Gasteiger partial charge is 0.354 e. The van der Waals surface area contributed by atoms with Crippen LogP contribution in [0, 0.1) is 0 Å². The molecular weight excluding hydrogens is 190 g/mol. The fourth-order valence-corrected chi connectivity index (χ4v) is 0.927. The van der Waals surface area contributed by atoms with Crippen LogP contribution < -0.4 is 0 Å². The molecule has 0 fully saturated rings. The normalized spacial score (nSPS) is 14.5. The molecule has 0 aromatic heterocycles. The highest BCUT2D eigenvalue weighted by molar-refractivity contribution is 7.91. The Bertz CT molecular complexity index is 198. The van der Waals surface area contributed by atoms with Crippen molar-refractivity contribution in [2.24, 2.45) is 4.40 Å². The maximum Gasteiger partial charge on any atom is 0.354 e. The average molecular weight is 205 g/mol. The van der Waals surface area contributed by atoms with Crippen LogP contribution in [0.4, 0.5) is 0 Å². The molecule has 0 spiro atoms. The number of carbonyl (C=O) groups excluding carboxylic acids is 1. The summed E-state index contributed by atoms with van der Waals surface area (Å²) in [6.07, 6.45) is 0.963. The Morgan fingerprint density at radius 2 is 2.15 bits per heavy atom. The second kappa shape index (κ2) is 5.24. The predicted octanol–water partition coefficient (Wildman–Crippen LogP) is 1.08. The van der Waals surface area contributed by atoms with Gasteiger partial charge in [-0.1, -0.05) is 4.40 Å². The van der Waals surface area contributed by atoms with Gasteiger partial charge in [-0.2, -0.15) is 0 Å². The number of rotatable bonds is 3. The first-order valence-electron chi connectivity index (χ1n) is 4.00. The number of nitrogens with zero attached hydrogens (tertiary/aromatic N) is 1. The van der Waals surface area contributed by atoms with E-state index in [0.29, 0.717) is 6.61 Å². The van der Waals surface area contributed by atoms with Gasteiger partial charge in [-0.3, -0.25) is 0 Å². The molecule has 0 aromatic rings. The highest BCUT2D eigenvalue weighted by atomic mass is 32.2. The maximum absolute atomic E-state index is 11.3. The monoisotopic (exact) mass is 205 g/mol. The van der Waals surface area contributed by atoms with Crippen molar-refractivity contribution in [3.63, 3.8) is 0 Å². The van der Waals surface area contributed by atoms with E-state index in [1.54, 1.807) is 27.7 Å². The molecule has 0 unspecified atom stereocenters. The van der Waals surface area contributed by atoms with Gasteiger partial charge in [0.2, 0.25) is 0 Å². The summed E-state index contributed by atoms with van der Waals surface area (Å²) in [7, 11) is 0. The van der Waals surface area contributed by atoms with Crippen LogP contribution in [0.3, 0.4) is 0 Å². The van der Waals surface area contributed by atoms with Crippen LogP contribution in [0.1, 0.15) is 27.7 Å². The minimum atomic E-state index is -1.39. The highest BCUT2D eigenvalue weighted by Gasteiger charge is 2.26. The molecule has 0 N–H and O–H groups in total. The zero-order valence-electron chi connectivity index (χ0n) is 8.36. The van der Waals surface area contributed by atoms with Gasteiger partial charge in [-0.25, -0.2) is 4.79 Å². The van der Waals surface area contributed by atoms with Crippen molar-refractivity contribution in [2.75, 3.05) is 6.61 Å². The summed E-state index contributed by atoms with van der Waals surface area (Å²) in [6, 6.07) is 0. The second-order valence-electron chi connectivity index (χ2n) is 3.35. The van der Waals surface area contributed by atoms with E-state index < -0.39 is 22.1 Å². The van der Waals surface area contributed by atoms with Gasteiger partial charge in [0.1, 0.15) is 16.1 Å². The Balaban J connectivity index is 4.05. The molecule has 0 aliphatic carbocycles. The third kappa shape index (κ3) is 5.65. The first-order valence-corrected chi connectivity index (χ1v) is 5.11. The van der Waals surface area contributed by atoms with Crippen molar-refractivity contribution in [3.05, 3.63) is 0 Å². The molecule has 0 aliphatic heterocycles. The van der Waals surface area contributed by atoms with Crippen molar-refractivity contribution in [3.8, 4) is 0 Å². The number of esters is 1. The first-order chi connectivity index (χ1) is 5.88. The van der Waals surface area contributed by atoms with Crippen molar-refractivity contribution in [1.29, 1.82) is 0 Å². The number of carbonyl (C=O) groups is 1. The first kappa shape index (κ1) is 12.4. The second-order valence-corrected chi connectivity index (χ2v) is 5.28. The van der Waals surface area contributed by atoms with Gasteiger partial charge in [-0.05, 0) is 27.7 Å². The van der Waals surface area contributed by atoms with Crippen molar-refractivity contribution < 1.29 is 14.1 Å². The van der Waals surface area contributed by atoms with E-state index in [-0.39, 0.29) is 0 Å². The molecule has 4 nitrogen and oxygen atoms in total. The van der Waals surface area contributed by atoms with E-state index >= 15 is 0 Å². The van der Waals surface area contributed by atoms with Crippen LogP contribution in [0.5, 0.6) is 0 Å². The Morgan fingerprint density at radius 1 is 1.62 bits per heavy atom. The molecule has 0 radical (unpaired) electrons.